The Balaban J connectivity index is 2.03. The van der Waals surface area contributed by atoms with Gasteiger partial charge in [0.2, 0.25) is 0 Å². The Labute approximate surface area is 130 Å². The minimum atomic E-state index is -0.494. The van der Waals surface area contributed by atoms with E-state index < -0.39 is 4.92 Å². The quantitative estimate of drug-likeness (QED) is 0.448. The molecular formula is C15H13N3O3S. The molecule has 2 aromatic carbocycles. The first-order valence-corrected chi connectivity index (χ1v) is 7.48. The van der Waals surface area contributed by atoms with Crippen molar-refractivity contribution in [3.05, 3.63) is 46.5 Å². The highest BCUT2D eigenvalue weighted by Crippen LogP contribution is 2.34. The lowest BCUT2D eigenvalue weighted by Crippen LogP contribution is -1.95. The lowest BCUT2D eigenvalue weighted by Gasteiger charge is -2.00. The van der Waals surface area contributed by atoms with Crippen molar-refractivity contribution < 1.29 is 9.66 Å². The smallest absolute Gasteiger partial charge is 0.292 e. The van der Waals surface area contributed by atoms with Gasteiger partial charge in [0.1, 0.15) is 16.4 Å². The molecular weight excluding hydrogens is 302 g/mol. The number of ether oxygens (including phenoxy) is 1. The van der Waals surface area contributed by atoms with Crippen molar-refractivity contribution in [3.63, 3.8) is 0 Å². The molecule has 0 spiro atoms. The van der Waals surface area contributed by atoms with E-state index in [4.69, 9.17) is 10.5 Å². The molecule has 2 N–H and O–H groups in total. The van der Waals surface area contributed by atoms with Crippen LogP contribution >= 0.6 is 11.3 Å². The molecule has 0 fully saturated rings. The second-order valence-electron chi connectivity index (χ2n) is 4.61. The summed E-state index contributed by atoms with van der Waals surface area (Å²) in [7, 11) is 0. The van der Waals surface area contributed by atoms with Crippen LogP contribution in [0, 0.1) is 10.1 Å². The summed E-state index contributed by atoms with van der Waals surface area (Å²) in [5, 5.41) is 11.6. The molecule has 1 aromatic heterocycles. The zero-order valence-corrected chi connectivity index (χ0v) is 12.6. The number of anilines is 1. The van der Waals surface area contributed by atoms with Crippen LogP contribution in [0.1, 0.15) is 6.92 Å². The summed E-state index contributed by atoms with van der Waals surface area (Å²) < 4.78 is 6.47. The SMILES string of the molecule is CCOc1ccc2nc(-c3ccc([N+](=O)[O-])c(N)c3)sc2c1. The van der Waals surface area contributed by atoms with E-state index in [1.165, 1.54) is 17.4 Å². The number of nitrogen functional groups attached to an aromatic ring is 1. The standard InChI is InChI=1S/C15H13N3O3S/c1-2-21-10-4-5-12-14(8-10)22-15(17-12)9-3-6-13(18(19)20)11(16)7-9/h3-8H,2,16H2,1H3. The van der Waals surface area contributed by atoms with Crippen molar-refractivity contribution in [3.8, 4) is 16.3 Å². The summed E-state index contributed by atoms with van der Waals surface area (Å²) >= 11 is 1.50. The lowest BCUT2D eigenvalue weighted by atomic mass is 10.2. The van der Waals surface area contributed by atoms with Crippen molar-refractivity contribution in [1.29, 1.82) is 0 Å². The topological polar surface area (TPSA) is 91.3 Å². The summed E-state index contributed by atoms with van der Waals surface area (Å²) in [6.45, 7) is 2.54. The Kier molecular flexibility index (Phi) is 3.64. The van der Waals surface area contributed by atoms with Crippen molar-refractivity contribution >= 4 is 32.9 Å². The fraction of sp³-hybridized carbons (Fsp3) is 0.133. The molecule has 3 rings (SSSR count). The lowest BCUT2D eigenvalue weighted by molar-refractivity contribution is -0.383. The van der Waals surface area contributed by atoms with Crippen LogP contribution in [0.15, 0.2) is 36.4 Å². The summed E-state index contributed by atoms with van der Waals surface area (Å²) in [6, 6.07) is 10.4. The zero-order valence-electron chi connectivity index (χ0n) is 11.8. The largest absolute Gasteiger partial charge is 0.494 e. The van der Waals surface area contributed by atoms with Gasteiger partial charge in [-0.3, -0.25) is 10.1 Å². The van der Waals surface area contributed by atoms with E-state index in [2.05, 4.69) is 4.98 Å². The minimum absolute atomic E-state index is 0.0940. The van der Waals surface area contributed by atoms with Crippen molar-refractivity contribution in [2.24, 2.45) is 0 Å². The summed E-state index contributed by atoms with van der Waals surface area (Å²) in [5.41, 5.74) is 7.40. The molecule has 3 aromatic rings. The van der Waals surface area contributed by atoms with Gasteiger partial charge < -0.3 is 10.5 Å². The van der Waals surface area contributed by atoms with Crippen LogP contribution in [-0.4, -0.2) is 16.5 Å². The molecule has 0 atom stereocenters. The summed E-state index contributed by atoms with van der Waals surface area (Å²) in [4.78, 5) is 14.9. The van der Waals surface area contributed by atoms with Gasteiger partial charge in [0, 0.05) is 11.6 Å². The van der Waals surface area contributed by atoms with E-state index >= 15 is 0 Å². The molecule has 0 radical (unpaired) electrons. The van der Waals surface area contributed by atoms with Gasteiger partial charge in [-0.05, 0) is 37.3 Å². The van der Waals surface area contributed by atoms with E-state index in [0.717, 1.165) is 26.5 Å². The van der Waals surface area contributed by atoms with Gasteiger partial charge in [-0.2, -0.15) is 0 Å². The highest BCUT2D eigenvalue weighted by atomic mass is 32.1. The van der Waals surface area contributed by atoms with E-state index in [-0.39, 0.29) is 11.4 Å². The molecule has 7 heteroatoms. The number of aromatic nitrogens is 1. The van der Waals surface area contributed by atoms with Crippen LogP contribution in [0.4, 0.5) is 11.4 Å². The first kappa shape index (κ1) is 14.3. The molecule has 0 saturated heterocycles. The molecule has 0 saturated carbocycles. The average molecular weight is 315 g/mol. The molecule has 0 bridgehead atoms. The van der Waals surface area contributed by atoms with Gasteiger partial charge in [0.25, 0.3) is 5.69 Å². The van der Waals surface area contributed by atoms with Gasteiger partial charge in [-0.1, -0.05) is 0 Å². The molecule has 0 aliphatic rings. The Hall–Kier alpha value is -2.67. The molecule has 0 aliphatic heterocycles. The van der Waals surface area contributed by atoms with Crippen LogP contribution in [0.3, 0.4) is 0 Å². The molecule has 22 heavy (non-hydrogen) atoms. The molecule has 0 unspecified atom stereocenters. The van der Waals surface area contributed by atoms with Gasteiger partial charge in [0.05, 0.1) is 21.7 Å². The van der Waals surface area contributed by atoms with E-state index in [0.29, 0.717) is 6.61 Å². The zero-order chi connectivity index (χ0) is 15.7. The maximum absolute atomic E-state index is 10.8. The van der Waals surface area contributed by atoms with Gasteiger partial charge in [0.15, 0.2) is 0 Å². The molecule has 0 amide bonds. The fourth-order valence-corrected chi connectivity index (χ4v) is 3.13. The number of hydrogen-bond donors (Lipinski definition) is 1. The Morgan fingerprint density at radius 2 is 2.14 bits per heavy atom. The molecule has 112 valence electrons. The molecule has 1 heterocycles. The monoisotopic (exact) mass is 315 g/mol. The third-order valence-electron chi connectivity index (χ3n) is 3.14. The summed E-state index contributed by atoms with van der Waals surface area (Å²) in [6.07, 6.45) is 0. The Morgan fingerprint density at radius 1 is 1.32 bits per heavy atom. The normalized spacial score (nSPS) is 10.8. The van der Waals surface area contributed by atoms with Crippen LogP contribution in [0.5, 0.6) is 5.75 Å². The average Bonchev–Trinajstić information content (AvgIpc) is 2.90. The first-order chi connectivity index (χ1) is 10.6. The highest BCUT2D eigenvalue weighted by molar-refractivity contribution is 7.21. The fourth-order valence-electron chi connectivity index (χ4n) is 2.14. The predicted octanol–water partition coefficient (Wildman–Crippen LogP) is 3.85. The number of nitro groups is 1. The number of nitrogens with zero attached hydrogens (tertiary/aromatic N) is 2. The molecule has 0 aliphatic carbocycles. The van der Waals surface area contributed by atoms with Gasteiger partial charge in [-0.25, -0.2) is 4.98 Å². The van der Waals surface area contributed by atoms with Crippen LogP contribution in [-0.2, 0) is 0 Å². The maximum Gasteiger partial charge on any atom is 0.292 e. The second kappa shape index (κ2) is 5.61. The van der Waals surface area contributed by atoms with E-state index in [1.807, 2.05) is 25.1 Å². The van der Waals surface area contributed by atoms with Gasteiger partial charge >= 0.3 is 0 Å². The van der Waals surface area contributed by atoms with Gasteiger partial charge in [-0.15, -0.1) is 11.3 Å². The second-order valence-corrected chi connectivity index (χ2v) is 5.64. The number of rotatable bonds is 4. The highest BCUT2D eigenvalue weighted by Gasteiger charge is 2.14. The predicted molar refractivity (Wildman–Crippen MR) is 87.3 cm³/mol. The number of nitro benzene ring substituents is 1. The van der Waals surface area contributed by atoms with E-state index in [1.54, 1.807) is 12.1 Å². The first-order valence-electron chi connectivity index (χ1n) is 6.66. The maximum atomic E-state index is 10.8. The van der Waals surface area contributed by atoms with Crippen molar-refractivity contribution in [1.82, 2.24) is 4.98 Å². The number of nitrogens with two attached hydrogens (primary N) is 1. The van der Waals surface area contributed by atoms with Crippen LogP contribution in [0.25, 0.3) is 20.8 Å². The third kappa shape index (κ3) is 2.58. The number of fused-ring (bicyclic) bond motifs is 1. The third-order valence-corrected chi connectivity index (χ3v) is 4.21. The molecule has 6 nitrogen and oxygen atoms in total. The Bertz CT molecular complexity index is 860. The minimum Gasteiger partial charge on any atom is -0.494 e. The Morgan fingerprint density at radius 3 is 2.82 bits per heavy atom. The number of benzene rings is 2. The summed E-state index contributed by atoms with van der Waals surface area (Å²) in [5.74, 6) is 0.799. The number of hydrogen-bond acceptors (Lipinski definition) is 6. The van der Waals surface area contributed by atoms with Crippen LogP contribution < -0.4 is 10.5 Å². The van der Waals surface area contributed by atoms with Crippen molar-refractivity contribution in [2.45, 2.75) is 6.92 Å². The number of thiazole rings is 1. The van der Waals surface area contributed by atoms with Crippen molar-refractivity contribution in [2.75, 3.05) is 12.3 Å². The van der Waals surface area contributed by atoms with Crippen LogP contribution in [0.2, 0.25) is 0 Å². The van der Waals surface area contributed by atoms with E-state index in [9.17, 15) is 10.1 Å².